The lowest BCUT2D eigenvalue weighted by Crippen LogP contribution is -2.41. The van der Waals surface area contributed by atoms with Crippen molar-refractivity contribution >= 4 is 23.2 Å². The summed E-state index contributed by atoms with van der Waals surface area (Å²) in [6.07, 6.45) is 1.75. The zero-order valence-electron chi connectivity index (χ0n) is 16.1. The van der Waals surface area contributed by atoms with E-state index in [4.69, 9.17) is 15.2 Å². The molecule has 3 rings (SSSR count). The molecule has 3 N–H and O–H groups in total. The molecule has 0 saturated carbocycles. The lowest BCUT2D eigenvalue weighted by molar-refractivity contribution is -0.122. The van der Waals surface area contributed by atoms with Gasteiger partial charge in [0.1, 0.15) is 11.5 Å². The van der Waals surface area contributed by atoms with Gasteiger partial charge in [-0.1, -0.05) is 0 Å². The first-order valence-corrected chi connectivity index (χ1v) is 9.19. The maximum Gasteiger partial charge on any atom is 0.255 e. The number of carbonyl (C=O) groups excluding carboxylic acids is 2. The van der Waals surface area contributed by atoms with E-state index in [-0.39, 0.29) is 17.7 Å². The van der Waals surface area contributed by atoms with Gasteiger partial charge >= 0.3 is 0 Å². The highest BCUT2D eigenvalue weighted by Gasteiger charge is 2.24. The van der Waals surface area contributed by atoms with E-state index in [1.54, 1.807) is 44.6 Å². The summed E-state index contributed by atoms with van der Waals surface area (Å²) in [4.78, 5) is 26.2. The molecule has 2 aromatic carbocycles. The number of nitrogens with zero attached hydrogens (tertiary/aromatic N) is 1. The Balaban J connectivity index is 1.71. The summed E-state index contributed by atoms with van der Waals surface area (Å²) < 4.78 is 10.5. The van der Waals surface area contributed by atoms with Gasteiger partial charge in [-0.05, 0) is 49.2 Å². The zero-order valence-corrected chi connectivity index (χ0v) is 16.1. The van der Waals surface area contributed by atoms with E-state index in [2.05, 4.69) is 10.2 Å². The van der Waals surface area contributed by atoms with Crippen LogP contribution in [0.25, 0.3) is 0 Å². The Morgan fingerprint density at radius 2 is 1.86 bits per heavy atom. The van der Waals surface area contributed by atoms with Crippen molar-refractivity contribution in [3.05, 3.63) is 48.0 Å². The summed E-state index contributed by atoms with van der Waals surface area (Å²) in [7, 11) is 3.11. The number of methoxy groups -OCH3 is 2. The average molecular weight is 383 g/mol. The van der Waals surface area contributed by atoms with Crippen molar-refractivity contribution in [2.24, 2.45) is 11.7 Å². The predicted molar refractivity (Wildman–Crippen MR) is 108 cm³/mol. The molecule has 7 heteroatoms. The van der Waals surface area contributed by atoms with Crippen molar-refractivity contribution in [2.45, 2.75) is 12.8 Å². The molecule has 148 valence electrons. The highest BCUT2D eigenvalue weighted by molar-refractivity contribution is 6.05. The molecule has 0 radical (unpaired) electrons. The minimum Gasteiger partial charge on any atom is -0.497 e. The molecule has 1 heterocycles. The van der Waals surface area contributed by atoms with Crippen molar-refractivity contribution in [1.29, 1.82) is 0 Å². The molecule has 1 unspecified atom stereocenters. The molecule has 0 bridgehead atoms. The number of piperidine rings is 1. The van der Waals surface area contributed by atoms with Crippen LogP contribution >= 0.6 is 0 Å². The zero-order chi connectivity index (χ0) is 20.1. The molecular weight excluding hydrogens is 358 g/mol. The molecule has 0 spiro atoms. The molecule has 0 aromatic heterocycles. The van der Waals surface area contributed by atoms with Crippen LogP contribution in [-0.4, -0.2) is 39.1 Å². The summed E-state index contributed by atoms with van der Waals surface area (Å²) in [6, 6.07) is 12.5. The number of nitrogens with one attached hydrogen (secondary N) is 1. The van der Waals surface area contributed by atoms with Crippen molar-refractivity contribution in [3.8, 4) is 11.5 Å². The van der Waals surface area contributed by atoms with Gasteiger partial charge in [0, 0.05) is 30.4 Å². The Kier molecular flexibility index (Phi) is 6.03. The Morgan fingerprint density at radius 1 is 1.11 bits per heavy atom. The standard InChI is InChI=1S/C21H25N3O4/c1-27-17-9-10-19(28-2)18(12-17)23-21(26)14-5-7-16(8-6-14)24-11-3-4-15(13-24)20(22)25/h5-10,12,15H,3-4,11,13H2,1-2H3,(H2,22,25)(H,23,26). The fourth-order valence-corrected chi connectivity index (χ4v) is 3.37. The maximum absolute atomic E-state index is 12.6. The fourth-order valence-electron chi connectivity index (χ4n) is 3.37. The van der Waals surface area contributed by atoms with E-state index in [1.165, 1.54) is 0 Å². The monoisotopic (exact) mass is 383 g/mol. The molecule has 28 heavy (non-hydrogen) atoms. The Labute approximate surface area is 164 Å². The van der Waals surface area contributed by atoms with E-state index < -0.39 is 0 Å². The topological polar surface area (TPSA) is 93.9 Å². The molecular formula is C21H25N3O4. The maximum atomic E-state index is 12.6. The van der Waals surface area contributed by atoms with Crippen LogP contribution in [0, 0.1) is 5.92 Å². The van der Waals surface area contributed by atoms with Crippen LogP contribution < -0.4 is 25.4 Å². The van der Waals surface area contributed by atoms with Crippen LogP contribution in [0.2, 0.25) is 0 Å². The van der Waals surface area contributed by atoms with Gasteiger partial charge in [-0.15, -0.1) is 0 Å². The first-order valence-electron chi connectivity index (χ1n) is 9.19. The van der Waals surface area contributed by atoms with E-state index in [0.29, 0.717) is 29.3 Å². The van der Waals surface area contributed by atoms with Crippen molar-refractivity contribution in [1.82, 2.24) is 0 Å². The summed E-state index contributed by atoms with van der Waals surface area (Å²) in [6.45, 7) is 1.48. The van der Waals surface area contributed by atoms with Gasteiger partial charge in [-0.3, -0.25) is 9.59 Å². The molecule has 1 atom stereocenters. The van der Waals surface area contributed by atoms with Gasteiger partial charge in [-0.25, -0.2) is 0 Å². The third-order valence-corrected chi connectivity index (χ3v) is 4.97. The molecule has 2 aromatic rings. The van der Waals surface area contributed by atoms with Crippen LogP contribution in [0.4, 0.5) is 11.4 Å². The molecule has 0 aliphatic carbocycles. The van der Waals surface area contributed by atoms with Crippen molar-refractivity contribution in [3.63, 3.8) is 0 Å². The molecule has 1 aliphatic rings. The second-order valence-corrected chi connectivity index (χ2v) is 6.75. The fraction of sp³-hybridized carbons (Fsp3) is 0.333. The van der Waals surface area contributed by atoms with Crippen LogP contribution in [0.1, 0.15) is 23.2 Å². The number of nitrogens with two attached hydrogens (primary N) is 1. The summed E-state index contributed by atoms with van der Waals surface area (Å²) in [5.74, 6) is 0.550. The average Bonchev–Trinajstić information content (AvgIpc) is 2.73. The van der Waals surface area contributed by atoms with Gasteiger partial charge in [0.05, 0.1) is 25.8 Å². The summed E-state index contributed by atoms with van der Waals surface area (Å²) in [5, 5.41) is 2.85. The number of anilines is 2. The largest absolute Gasteiger partial charge is 0.497 e. The van der Waals surface area contributed by atoms with Gasteiger partial charge in [-0.2, -0.15) is 0 Å². The molecule has 1 aliphatic heterocycles. The smallest absolute Gasteiger partial charge is 0.255 e. The predicted octanol–water partition coefficient (Wildman–Crippen LogP) is 2.66. The van der Waals surface area contributed by atoms with Crippen LogP contribution in [0.3, 0.4) is 0 Å². The number of rotatable bonds is 6. The quantitative estimate of drug-likeness (QED) is 0.800. The lowest BCUT2D eigenvalue weighted by atomic mass is 9.97. The number of amides is 2. The van der Waals surface area contributed by atoms with E-state index in [1.807, 2.05) is 12.1 Å². The molecule has 7 nitrogen and oxygen atoms in total. The van der Waals surface area contributed by atoms with Crippen molar-refractivity contribution < 1.29 is 19.1 Å². The number of hydrogen-bond acceptors (Lipinski definition) is 5. The molecule has 2 amide bonds. The third-order valence-electron chi connectivity index (χ3n) is 4.97. The lowest BCUT2D eigenvalue weighted by Gasteiger charge is -2.33. The highest BCUT2D eigenvalue weighted by Crippen LogP contribution is 2.29. The SMILES string of the molecule is COc1ccc(OC)c(NC(=O)c2ccc(N3CCCC(C(N)=O)C3)cc2)c1. The number of primary amides is 1. The van der Waals surface area contributed by atoms with Crippen LogP contribution in [0.15, 0.2) is 42.5 Å². The Bertz CT molecular complexity index is 851. The second kappa shape index (κ2) is 8.65. The summed E-state index contributed by atoms with van der Waals surface area (Å²) in [5.41, 5.74) is 7.49. The number of benzene rings is 2. The van der Waals surface area contributed by atoms with Crippen LogP contribution in [0.5, 0.6) is 11.5 Å². The third kappa shape index (κ3) is 4.36. The van der Waals surface area contributed by atoms with Gasteiger partial charge in [0.25, 0.3) is 5.91 Å². The number of carbonyl (C=O) groups is 2. The Hall–Kier alpha value is -3.22. The molecule has 1 fully saturated rings. The normalized spacial score (nSPS) is 16.4. The number of hydrogen-bond donors (Lipinski definition) is 2. The van der Waals surface area contributed by atoms with Gasteiger partial charge < -0.3 is 25.4 Å². The summed E-state index contributed by atoms with van der Waals surface area (Å²) >= 11 is 0. The minimum atomic E-state index is -0.257. The highest BCUT2D eigenvalue weighted by atomic mass is 16.5. The number of ether oxygens (including phenoxy) is 2. The van der Waals surface area contributed by atoms with E-state index >= 15 is 0 Å². The second-order valence-electron chi connectivity index (χ2n) is 6.75. The van der Waals surface area contributed by atoms with E-state index in [9.17, 15) is 9.59 Å². The van der Waals surface area contributed by atoms with E-state index in [0.717, 1.165) is 25.1 Å². The first kappa shape index (κ1) is 19.5. The van der Waals surface area contributed by atoms with Gasteiger partial charge in [0.2, 0.25) is 5.91 Å². The first-order chi connectivity index (χ1) is 13.5. The molecule has 1 saturated heterocycles. The van der Waals surface area contributed by atoms with Gasteiger partial charge in [0.15, 0.2) is 0 Å². The minimum absolute atomic E-state index is 0.128. The van der Waals surface area contributed by atoms with Crippen LogP contribution in [-0.2, 0) is 4.79 Å². The van der Waals surface area contributed by atoms with Crippen molar-refractivity contribution in [2.75, 3.05) is 37.5 Å². The Morgan fingerprint density at radius 3 is 2.50 bits per heavy atom.